The summed E-state index contributed by atoms with van der Waals surface area (Å²) in [5, 5.41) is 1.78. The molecule has 1 aromatic carbocycles. The first-order valence-electron chi connectivity index (χ1n) is 4.30. The first-order valence-corrected chi connectivity index (χ1v) is 6.78. The van der Waals surface area contributed by atoms with Gasteiger partial charge in [-0.2, -0.15) is 0 Å². The summed E-state index contributed by atoms with van der Waals surface area (Å²) >= 11 is 0. The van der Waals surface area contributed by atoms with E-state index >= 15 is 0 Å². The van der Waals surface area contributed by atoms with E-state index in [-0.39, 0.29) is 5.75 Å². The molecule has 0 saturated heterocycles. The molecule has 3 nitrogen and oxygen atoms in total. The zero-order chi connectivity index (χ0) is 10.9. The smallest absolute Gasteiger partial charge is 0.236 e. The summed E-state index contributed by atoms with van der Waals surface area (Å²) in [6.07, 6.45) is 3.31. The van der Waals surface area contributed by atoms with Crippen LogP contribution in [0.3, 0.4) is 0 Å². The summed E-state index contributed by atoms with van der Waals surface area (Å²) < 4.78 is 22.0. The minimum absolute atomic E-state index is 0.169. The molecular formula is C10H8ClNO2S. The SMILES string of the molecule is O=S(=O)(Cl)Cc1cccc2ccncc12. The molecule has 1 aromatic heterocycles. The first-order chi connectivity index (χ1) is 7.06. The molecule has 0 aliphatic heterocycles. The maximum absolute atomic E-state index is 11.0. The van der Waals surface area contributed by atoms with E-state index in [2.05, 4.69) is 4.98 Å². The van der Waals surface area contributed by atoms with Crippen LogP contribution in [0.1, 0.15) is 5.56 Å². The second kappa shape index (κ2) is 3.79. The Labute approximate surface area is 92.1 Å². The van der Waals surface area contributed by atoms with Gasteiger partial charge in [0.15, 0.2) is 0 Å². The topological polar surface area (TPSA) is 47.0 Å². The normalized spacial score (nSPS) is 11.8. The maximum atomic E-state index is 11.0. The molecule has 0 amide bonds. The van der Waals surface area contributed by atoms with Crippen LogP contribution in [0, 0.1) is 0 Å². The average Bonchev–Trinajstić information content (AvgIpc) is 2.16. The molecule has 2 aromatic rings. The molecule has 1 heterocycles. The number of hydrogen-bond acceptors (Lipinski definition) is 3. The predicted molar refractivity (Wildman–Crippen MR) is 60.2 cm³/mol. The van der Waals surface area contributed by atoms with Crippen molar-refractivity contribution in [3.63, 3.8) is 0 Å². The van der Waals surface area contributed by atoms with E-state index < -0.39 is 9.05 Å². The highest BCUT2D eigenvalue weighted by Crippen LogP contribution is 2.20. The maximum Gasteiger partial charge on any atom is 0.236 e. The van der Waals surface area contributed by atoms with Gasteiger partial charge in [-0.15, -0.1) is 0 Å². The number of nitrogens with zero attached hydrogens (tertiary/aromatic N) is 1. The van der Waals surface area contributed by atoms with E-state index in [0.29, 0.717) is 5.56 Å². The molecule has 0 radical (unpaired) electrons. The van der Waals surface area contributed by atoms with Gasteiger partial charge in [0.2, 0.25) is 9.05 Å². The van der Waals surface area contributed by atoms with Crippen molar-refractivity contribution in [1.82, 2.24) is 4.98 Å². The number of hydrogen-bond donors (Lipinski definition) is 0. The Morgan fingerprint density at radius 1 is 1.27 bits per heavy atom. The highest BCUT2D eigenvalue weighted by molar-refractivity contribution is 8.13. The molecule has 0 saturated carbocycles. The van der Waals surface area contributed by atoms with E-state index in [1.54, 1.807) is 24.5 Å². The second-order valence-electron chi connectivity index (χ2n) is 3.20. The highest BCUT2D eigenvalue weighted by Gasteiger charge is 2.09. The van der Waals surface area contributed by atoms with Gasteiger partial charge >= 0.3 is 0 Å². The fourth-order valence-corrected chi connectivity index (χ4v) is 2.46. The van der Waals surface area contributed by atoms with Crippen molar-refractivity contribution in [1.29, 1.82) is 0 Å². The number of rotatable bonds is 2. The Kier molecular flexibility index (Phi) is 2.63. The van der Waals surface area contributed by atoms with Gasteiger partial charge in [0.25, 0.3) is 0 Å². The lowest BCUT2D eigenvalue weighted by Crippen LogP contribution is -1.96. The monoisotopic (exact) mass is 241 g/mol. The Hall–Kier alpha value is -1.13. The molecular weight excluding hydrogens is 234 g/mol. The Morgan fingerprint density at radius 3 is 2.80 bits per heavy atom. The number of fused-ring (bicyclic) bond motifs is 1. The van der Waals surface area contributed by atoms with Crippen molar-refractivity contribution >= 4 is 30.5 Å². The number of halogens is 1. The summed E-state index contributed by atoms with van der Waals surface area (Å²) in [6, 6.07) is 7.28. The molecule has 2 rings (SSSR count). The van der Waals surface area contributed by atoms with Crippen LogP contribution in [0.2, 0.25) is 0 Å². The van der Waals surface area contributed by atoms with Gasteiger partial charge in [-0.3, -0.25) is 4.98 Å². The summed E-state index contributed by atoms with van der Waals surface area (Å²) in [5.41, 5.74) is 0.676. The quantitative estimate of drug-likeness (QED) is 0.758. The van der Waals surface area contributed by atoms with Crippen molar-refractivity contribution in [2.24, 2.45) is 0 Å². The minimum atomic E-state index is -3.52. The van der Waals surface area contributed by atoms with Gasteiger partial charge in [0.1, 0.15) is 0 Å². The van der Waals surface area contributed by atoms with Crippen molar-refractivity contribution in [3.8, 4) is 0 Å². The van der Waals surface area contributed by atoms with Crippen molar-refractivity contribution in [2.75, 3.05) is 0 Å². The number of pyridine rings is 1. The molecule has 0 aliphatic rings. The molecule has 0 spiro atoms. The van der Waals surface area contributed by atoms with Crippen LogP contribution < -0.4 is 0 Å². The van der Waals surface area contributed by atoms with Crippen LogP contribution in [0.4, 0.5) is 0 Å². The second-order valence-corrected chi connectivity index (χ2v) is 5.97. The first kappa shape index (κ1) is 10.4. The van der Waals surface area contributed by atoms with Crippen LogP contribution in [-0.4, -0.2) is 13.4 Å². The zero-order valence-corrected chi connectivity index (χ0v) is 9.29. The number of benzene rings is 1. The third-order valence-corrected chi connectivity index (χ3v) is 3.08. The Balaban J connectivity index is 2.61. The summed E-state index contributed by atoms with van der Waals surface area (Å²) in [4.78, 5) is 3.97. The third-order valence-electron chi connectivity index (χ3n) is 2.10. The lowest BCUT2D eigenvalue weighted by Gasteiger charge is -2.03. The largest absolute Gasteiger partial charge is 0.264 e. The van der Waals surface area contributed by atoms with E-state index in [0.717, 1.165) is 10.8 Å². The van der Waals surface area contributed by atoms with Crippen LogP contribution in [0.5, 0.6) is 0 Å². The zero-order valence-electron chi connectivity index (χ0n) is 7.72. The van der Waals surface area contributed by atoms with Crippen LogP contribution in [0.25, 0.3) is 10.8 Å². The molecule has 0 unspecified atom stereocenters. The van der Waals surface area contributed by atoms with E-state index in [9.17, 15) is 8.42 Å². The fourth-order valence-electron chi connectivity index (χ4n) is 1.49. The van der Waals surface area contributed by atoms with Crippen molar-refractivity contribution in [2.45, 2.75) is 5.75 Å². The molecule has 78 valence electrons. The standard InChI is InChI=1S/C10H8ClNO2S/c11-15(13,14)7-9-3-1-2-8-4-5-12-6-10(8)9/h1-6H,7H2. The van der Waals surface area contributed by atoms with Gasteiger partial charge in [-0.1, -0.05) is 18.2 Å². The van der Waals surface area contributed by atoms with Crippen LogP contribution >= 0.6 is 10.7 Å². The van der Waals surface area contributed by atoms with Gasteiger partial charge < -0.3 is 0 Å². The third kappa shape index (κ3) is 2.46. The molecule has 0 bridgehead atoms. The van der Waals surface area contributed by atoms with E-state index in [1.807, 2.05) is 12.1 Å². The number of aromatic nitrogens is 1. The lowest BCUT2D eigenvalue weighted by molar-refractivity contribution is 0.609. The Bertz CT molecular complexity index is 590. The van der Waals surface area contributed by atoms with Gasteiger partial charge in [0, 0.05) is 28.5 Å². The molecule has 5 heteroatoms. The molecule has 0 N–H and O–H groups in total. The average molecular weight is 242 g/mol. The van der Waals surface area contributed by atoms with Gasteiger partial charge in [-0.05, 0) is 17.0 Å². The van der Waals surface area contributed by atoms with E-state index in [4.69, 9.17) is 10.7 Å². The summed E-state index contributed by atoms with van der Waals surface area (Å²) in [7, 11) is 1.70. The van der Waals surface area contributed by atoms with Crippen molar-refractivity contribution < 1.29 is 8.42 Å². The van der Waals surface area contributed by atoms with Crippen LogP contribution in [-0.2, 0) is 14.8 Å². The lowest BCUT2D eigenvalue weighted by atomic mass is 10.1. The summed E-state index contributed by atoms with van der Waals surface area (Å²) in [5.74, 6) is -0.169. The van der Waals surface area contributed by atoms with Crippen molar-refractivity contribution in [3.05, 3.63) is 42.2 Å². The molecule has 0 fully saturated rings. The molecule has 0 aliphatic carbocycles. The minimum Gasteiger partial charge on any atom is -0.264 e. The predicted octanol–water partition coefficient (Wildman–Crippen LogP) is 2.30. The molecule has 0 atom stereocenters. The van der Waals surface area contributed by atoms with E-state index in [1.165, 1.54) is 0 Å². The van der Waals surface area contributed by atoms with Gasteiger partial charge in [0.05, 0.1) is 5.75 Å². The Morgan fingerprint density at radius 2 is 2.07 bits per heavy atom. The van der Waals surface area contributed by atoms with Gasteiger partial charge in [-0.25, -0.2) is 8.42 Å². The molecule has 15 heavy (non-hydrogen) atoms. The fraction of sp³-hybridized carbons (Fsp3) is 0.100. The highest BCUT2D eigenvalue weighted by atomic mass is 35.7. The van der Waals surface area contributed by atoms with Crippen LogP contribution in [0.15, 0.2) is 36.7 Å². The summed E-state index contributed by atoms with van der Waals surface area (Å²) in [6.45, 7) is 0.